The van der Waals surface area contributed by atoms with Gasteiger partial charge in [0.1, 0.15) is 30.8 Å². The molecule has 0 radical (unpaired) electrons. The van der Waals surface area contributed by atoms with Crippen molar-refractivity contribution < 1.29 is 19.5 Å². The molecule has 1 fully saturated rings. The van der Waals surface area contributed by atoms with Gasteiger partial charge in [0.2, 0.25) is 0 Å². The van der Waals surface area contributed by atoms with Crippen LogP contribution in [-0.2, 0) is 6.54 Å². The minimum Gasteiger partial charge on any atom is -0.497 e. The van der Waals surface area contributed by atoms with E-state index in [4.69, 9.17) is 9.47 Å². The standard InChI is InChI=1S/C21H26N2O4/c1-26-18-4-2-5-19(9-18)27-14-17(24)13-22-10-15-8-16(12-22)20-6-3-7-21(25)23(20)11-15/h2-7,9,15-17,24H,8,10-14H2,1H3/p+1/t15-,16+,17-/m0/s1. The number of nitrogens with zero attached hydrogens (tertiary/aromatic N) is 1. The van der Waals surface area contributed by atoms with Crippen molar-refractivity contribution in [3.05, 3.63) is 58.5 Å². The van der Waals surface area contributed by atoms with Crippen molar-refractivity contribution in [1.82, 2.24) is 4.57 Å². The monoisotopic (exact) mass is 371 g/mol. The molecule has 1 unspecified atom stereocenters. The van der Waals surface area contributed by atoms with Crippen molar-refractivity contribution in [2.24, 2.45) is 5.92 Å². The summed E-state index contributed by atoms with van der Waals surface area (Å²) >= 11 is 0. The second-order valence-corrected chi connectivity index (χ2v) is 7.70. The Kier molecular flexibility index (Phi) is 5.18. The molecule has 3 heterocycles. The van der Waals surface area contributed by atoms with E-state index in [0.717, 1.165) is 37.5 Å². The number of benzene rings is 1. The molecular weight excluding hydrogens is 344 g/mol. The van der Waals surface area contributed by atoms with Crippen molar-refractivity contribution in [1.29, 1.82) is 0 Å². The van der Waals surface area contributed by atoms with Gasteiger partial charge < -0.3 is 24.0 Å². The van der Waals surface area contributed by atoms with Crippen LogP contribution in [0.4, 0.5) is 0 Å². The molecule has 1 saturated heterocycles. The molecule has 2 aliphatic rings. The number of fused-ring (bicyclic) bond motifs is 4. The highest BCUT2D eigenvalue weighted by molar-refractivity contribution is 5.32. The third-order valence-corrected chi connectivity index (χ3v) is 5.68. The summed E-state index contributed by atoms with van der Waals surface area (Å²) in [7, 11) is 1.62. The lowest BCUT2D eigenvalue weighted by Gasteiger charge is -2.40. The maximum atomic E-state index is 12.1. The number of aliphatic hydroxyl groups is 1. The molecule has 4 atom stereocenters. The van der Waals surface area contributed by atoms with E-state index in [1.54, 1.807) is 13.2 Å². The summed E-state index contributed by atoms with van der Waals surface area (Å²) in [5, 5.41) is 10.5. The molecule has 4 rings (SSSR count). The minimum atomic E-state index is -0.525. The summed E-state index contributed by atoms with van der Waals surface area (Å²) < 4.78 is 12.9. The summed E-state index contributed by atoms with van der Waals surface area (Å²) in [6.45, 7) is 3.67. The van der Waals surface area contributed by atoms with Crippen molar-refractivity contribution in [3.8, 4) is 11.5 Å². The Morgan fingerprint density at radius 1 is 1.22 bits per heavy atom. The van der Waals surface area contributed by atoms with Crippen molar-refractivity contribution in [2.45, 2.75) is 25.0 Å². The van der Waals surface area contributed by atoms with E-state index in [1.165, 1.54) is 4.90 Å². The molecule has 0 saturated carbocycles. The van der Waals surface area contributed by atoms with Crippen LogP contribution in [0.15, 0.2) is 47.3 Å². The van der Waals surface area contributed by atoms with Gasteiger partial charge in [0, 0.05) is 36.2 Å². The maximum absolute atomic E-state index is 12.1. The van der Waals surface area contributed by atoms with E-state index in [2.05, 4.69) is 6.07 Å². The Balaban J connectivity index is 1.34. The smallest absolute Gasteiger partial charge is 0.250 e. The summed E-state index contributed by atoms with van der Waals surface area (Å²) in [5.74, 6) is 2.34. The van der Waals surface area contributed by atoms with Gasteiger partial charge in [-0.2, -0.15) is 0 Å². The first-order valence-electron chi connectivity index (χ1n) is 9.60. The number of likely N-dealkylation sites (tertiary alicyclic amines) is 1. The minimum absolute atomic E-state index is 0.109. The molecule has 27 heavy (non-hydrogen) atoms. The van der Waals surface area contributed by atoms with E-state index >= 15 is 0 Å². The Labute approximate surface area is 158 Å². The fraction of sp³-hybridized carbons (Fsp3) is 0.476. The average molecular weight is 371 g/mol. The van der Waals surface area contributed by atoms with E-state index in [9.17, 15) is 9.90 Å². The first kappa shape index (κ1) is 18.1. The molecule has 2 bridgehead atoms. The number of aliphatic hydroxyl groups excluding tert-OH is 1. The van der Waals surface area contributed by atoms with E-state index in [-0.39, 0.29) is 12.2 Å². The van der Waals surface area contributed by atoms with Gasteiger partial charge in [0.05, 0.1) is 20.2 Å². The zero-order valence-electron chi connectivity index (χ0n) is 15.6. The van der Waals surface area contributed by atoms with Crippen LogP contribution in [0, 0.1) is 5.92 Å². The lowest BCUT2D eigenvalue weighted by Crippen LogP contribution is -3.15. The fourth-order valence-corrected chi connectivity index (χ4v) is 4.56. The topological polar surface area (TPSA) is 65.1 Å². The Hall–Kier alpha value is -2.31. The fourth-order valence-electron chi connectivity index (χ4n) is 4.56. The van der Waals surface area contributed by atoms with Crippen molar-refractivity contribution in [3.63, 3.8) is 0 Å². The van der Waals surface area contributed by atoms with Gasteiger partial charge in [0.25, 0.3) is 5.56 Å². The molecule has 6 nitrogen and oxygen atoms in total. The van der Waals surface area contributed by atoms with Crippen LogP contribution < -0.4 is 19.9 Å². The lowest BCUT2D eigenvalue weighted by molar-refractivity contribution is -0.914. The summed E-state index contributed by atoms with van der Waals surface area (Å²) in [4.78, 5) is 13.5. The molecule has 6 heteroatoms. The first-order valence-corrected chi connectivity index (χ1v) is 9.60. The third-order valence-electron chi connectivity index (χ3n) is 5.68. The Morgan fingerprint density at radius 2 is 2.04 bits per heavy atom. The number of nitrogens with one attached hydrogen (secondary N) is 1. The van der Waals surface area contributed by atoms with Crippen LogP contribution in [-0.4, -0.2) is 49.1 Å². The van der Waals surface area contributed by atoms with Crippen molar-refractivity contribution in [2.75, 3.05) is 33.4 Å². The van der Waals surface area contributed by atoms with Crippen molar-refractivity contribution >= 4 is 0 Å². The molecule has 1 aromatic heterocycles. The quantitative estimate of drug-likeness (QED) is 0.767. The molecule has 0 spiro atoms. The summed E-state index contributed by atoms with van der Waals surface area (Å²) in [6, 6.07) is 13.0. The largest absolute Gasteiger partial charge is 0.497 e. The molecular formula is C21H27N2O4+. The van der Waals surface area contributed by atoms with Gasteiger partial charge >= 0.3 is 0 Å². The van der Waals surface area contributed by atoms with E-state index in [1.807, 2.05) is 34.9 Å². The number of quaternary nitrogens is 1. The SMILES string of the molecule is COc1cccc(OC[C@@H](O)C[NH+]2C[C@@H]3C[C@H](C2)c2cccc(=O)n2C3)c1. The molecule has 2 aromatic rings. The molecule has 2 N–H and O–H groups in total. The van der Waals surface area contributed by atoms with Crippen LogP contribution in [0.1, 0.15) is 18.0 Å². The predicted molar refractivity (Wildman–Crippen MR) is 102 cm³/mol. The zero-order valence-corrected chi connectivity index (χ0v) is 15.6. The molecule has 0 aliphatic carbocycles. The van der Waals surface area contributed by atoms with Gasteiger partial charge in [-0.05, 0) is 24.6 Å². The van der Waals surface area contributed by atoms with E-state index in [0.29, 0.717) is 24.1 Å². The molecule has 0 amide bonds. The number of aromatic nitrogens is 1. The average Bonchev–Trinajstić information content (AvgIpc) is 2.67. The maximum Gasteiger partial charge on any atom is 0.250 e. The first-order chi connectivity index (χ1) is 13.1. The van der Waals surface area contributed by atoms with Gasteiger partial charge in [-0.25, -0.2) is 0 Å². The predicted octanol–water partition coefficient (Wildman–Crippen LogP) is 0.299. The van der Waals surface area contributed by atoms with Crippen LogP contribution in [0.3, 0.4) is 0 Å². The molecule has 144 valence electrons. The van der Waals surface area contributed by atoms with Gasteiger partial charge in [0.15, 0.2) is 0 Å². The third kappa shape index (κ3) is 4.01. The molecule has 1 aromatic carbocycles. The zero-order chi connectivity index (χ0) is 18.8. The second-order valence-electron chi connectivity index (χ2n) is 7.70. The van der Waals surface area contributed by atoms with Gasteiger partial charge in [-0.3, -0.25) is 4.79 Å². The van der Waals surface area contributed by atoms with Crippen LogP contribution in [0.25, 0.3) is 0 Å². The number of hydrogen-bond acceptors (Lipinski definition) is 4. The summed E-state index contributed by atoms with van der Waals surface area (Å²) in [6.07, 6.45) is 0.617. The number of hydrogen-bond donors (Lipinski definition) is 2. The number of pyridine rings is 1. The lowest BCUT2D eigenvalue weighted by atomic mass is 9.83. The number of rotatable bonds is 6. The number of methoxy groups -OCH3 is 1. The van der Waals surface area contributed by atoms with Gasteiger partial charge in [-0.15, -0.1) is 0 Å². The molecule has 2 aliphatic heterocycles. The van der Waals surface area contributed by atoms with Crippen LogP contribution >= 0.6 is 0 Å². The van der Waals surface area contributed by atoms with Gasteiger partial charge in [-0.1, -0.05) is 12.1 Å². The highest BCUT2D eigenvalue weighted by Gasteiger charge is 2.37. The van der Waals surface area contributed by atoms with Crippen LogP contribution in [0.2, 0.25) is 0 Å². The normalized spacial score (nSPS) is 24.7. The number of ether oxygens (including phenoxy) is 2. The highest BCUT2D eigenvalue weighted by Crippen LogP contribution is 2.30. The Bertz CT molecular complexity index is 850. The summed E-state index contributed by atoms with van der Waals surface area (Å²) in [5.41, 5.74) is 1.26. The highest BCUT2D eigenvalue weighted by atomic mass is 16.5. The second kappa shape index (κ2) is 7.74. The Morgan fingerprint density at radius 3 is 2.89 bits per heavy atom. The van der Waals surface area contributed by atoms with Crippen LogP contribution in [0.5, 0.6) is 11.5 Å². The number of piperidine rings is 1. The van der Waals surface area contributed by atoms with E-state index < -0.39 is 6.10 Å².